The van der Waals surface area contributed by atoms with Gasteiger partial charge in [-0.2, -0.15) is 0 Å². The highest BCUT2D eigenvalue weighted by atomic mass is 16.2. The summed E-state index contributed by atoms with van der Waals surface area (Å²) in [6, 6.07) is 19.1. The van der Waals surface area contributed by atoms with Gasteiger partial charge in [0.1, 0.15) is 0 Å². The maximum Gasteiger partial charge on any atom is 0.239 e. The van der Waals surface area contributed by atoms with Gasteiger partial charge in [0.2, 0.25) is 5.91 Å². The molecule has 0 bridgehead atoms. The van der Waals surface area contributed by atoms with Crippen LogP contribution in [0.5, 0.6) is 0 Å². The standard InChI is InChI=1S/C20H24N2O/c1-21(2)20(23)19-9-6-14-22(19)15-16-10-12-18(13-11-16)17-7-4-3-5-8-17/h3-5,7-8,10-13,19H,6,9,14-15H2,1-2H3. The van der Waals surface area contributed by atoms with Gasteiger partial charge < -0.3 is 4.90 Å². The first-order valence-electron chi connectivity index (χ1n) is 8.25. The molecular weight excluding hydrogens is 284 g/mol. The van der Waals surface area contributed by atoms with E-state index in [-0.39, 0.29) is 11.9 Å². The summed E-state index contributed by atoms with van der Waals surface area (Å²) < 4.78 is 0. The molecule has 1 amide bonds. The molecule has 2 aromatic rings. The number of likely N-dealkylation sites (N-methyl/N-ethyl adjacent to an activating group) is 1. The molecule has 3 nitrogen and oxygen atoms in total. The molecule has 1 fully saturated rings. The average molecular weight is 308 g/mol. The molecule has 0 saturated carbocycles. The maximum atomic E-state index is 12.3. The third-order valence-corrected chi connectivity index (χ3v) is 4.54. The first-order valence-corrected chi connectivity index (χ1v) is 8.25. The normalized spacial score (nSPS) is 18.1. The summed E-state index contributed by atoms with van der Waals surface area (Å²) in [5.74, 6) is 0.225. The van der Waals surface area contributed by atoms with Gasteiger partial charge in [-0.1, -0.05) is 54.6 Å². The number of benzene rings is 2. The van der Waals surface area contributed by atoms with Crippen LogP contribution in [0.15, 0.2) is 54.6 Å². The maximum absolute atomic E-state index is 12.3. The zero-order chi connectivity index (χ0) is 16.2. The lowest BCUT2D eigenvalue weighted by Gasteiger charge is -2.26. The van der Waals surface area contributed by atoms with Crippen LogP contribution in [0.2, 0.25) is 0 Å². The zero-order valence-corrected chi connectivity index (χ0v) is 13.9. The number of rotatable bonds is 4. The van der Waals surface area contributed by atoms with Gasteiger partial charge in [-0.25, -0.2) is 0 Å². The second-order valence-corrected chi connectivity index (χ2v) is 6.42. The Kier molecular flexibility index (Phi) is 4.77. The molecule has 0 aromatic heterocycles. The third kappa shape index (κ3) is 3.62. The number of nitrogens with zero attached hydrogens (tertiary/aromatic N) is 2. The molecular formula is C20H24N2O. The molecule has 0 aliphatic carbocycles. The van der Waals surface area contributed by atoms with E-state index >= 15 is 0 Å². The number of hydrogen-bond donors (Lipinski definition) is 0. The van der Waals surface area contributed by atoms with Gasteiger partial charge in [0, 0.05) is 20.6 Å². The van der Waals surface area contributed by atoms with E-state index in [4.69, 9.17) is 0 Å². The summed E-state index contributed by atoms with van der Waals surface area (Å²) in [4.78, 5) is 16.3. The van der Waals surface area contributed by atoms with Crippen molar-refractivity contribution in [2.24, 2.45) is 0 Å². The lowest BCUT2D eigenvalue weighted by atomic mass is 10.0. The van der Waals surface area contributed by atoms with Crippen LogP contribution in [0.3, 0.4) is 0 Å². The van der Waals surface area contributed by atoms with Gasteiger partial charge in [-0.15, -0.1) is 0 Å². The van der Waals surface area contributed by atoms with Gasteiger partial charge in [0.05, 0.1) is 6.04 Å². The largest absolute Gasteiger partial charge is 0.347 e. The predicted molar refractivity (Wildman–Crippen MR) is 94.0 cm³/mol. The van der Waals surface area contributed by atoms with Crippen molar-refractivity contribution in [3.63, 3.8) is 0 Å². The molecule has 1 aliphatic heterocycles. The minimum atomic E-state index is 0.0406. The van der Waals surface area contributed by atoms with Crippen LogP contribution in [0.25, 0.3) is 11.1 Å². The lowest BCUT2D eigenvalue weighted by Crippen LogP contribution is -2.42. The van der Waals surface area contributed by atoms with E-state index < -0.39 is 0 Å². The number of amides is 1. The van der Waals surface area contributed by atoms with Gasteiger partial charge in [-0.3, -0.25) is 9.69 Å². The fraction of sp³-hybridized carbons (Fsp3) is 0.350. The number of likely N-dealkylation sites (tertiary alicyclic amines) is 1. The van der Waals surface area contributed by atoms with Crippen LogP contribution in [-0.2, 0) is 11.3 Å². The van der Waals surface area contributed by atoms with Gasteiger partial charge in [0.15, 0.2) is 0 Å². The molecule has 1 atom stereocenters. The zero-order valence-electron chi connectivity index (χ0n) is 13.9. The monoisotopic (exact) mass is 308 g/mol. The van der Waals surface area contributed by atoms with E-state index in [1.54, 1.807) is 4.90 Å². The van der Waals surface area contributed by atoms with E-state index in [9.17, 15) is 4.79 Å². The molecule has 1 aliphatic rings. The van der Waals surface area contributed by atoms with Crippen LogP contribution >= 0.6 is 0 Å². The Hall–Kier alpha value is -2.13. The first kappa shape index (κ1) is 15.8. The Morgan fingerprint density at radius 3 is 2.35 bits per heavy atom. The number of hydrogen-bond acceptors (Lipinski definition) is 2. The van der Waals surface area contributed by atoms with E-state index in [0.717, 1.165) is 25.9 Å². The third-order valence-electron chi connectivity index (χ3n) is 4.54. The molecule has 2 aromatic carbocycles. The van der Waals surface area contributed by atoms with Crippen LogP contribution in [0, 0.1) is 0 Å². The molecule has 0 N–H and O–H groups in total. The van der Waals surface area contributed by atoms with Crippen molar-refractivity contribution in [1.29, 1.82) is 0 Å². The Labute approximate surface area is 138 Å². The van der Waals surface area contributed by atoms with Gasteiger partial charge in [-0.05, 0) is 36.1 Å². The smallest absolute Gasteiger partial charge is 0.239 e. The Balaban J connectivity index is 1.70. The van der Waals surface area contributed by atoms with E-state index in [1.807, 2.05) is 20.2 Å². The molecule has 3 heteroatoms. The summed E-state index contributed by atoms with van der Waals surface area (Å²) >= 11 is 0. The highest BCUT2D eigenvalue weighted by Gasteiger charge is 2.31. The van der Waals surface area contributed by atoms with Crippen LogP contribution in [0.1, 0.15) is 18.4 Å². The van der Waals surface area contributed by atoms with Gasteiger partial charge in [0.25, 0.3) is 0 Å². The summed E-state index contributed by atoms with van der Waals surface area (Å²) in [6.07, 6.45) is 2.07. The van der Waals surface area contributed by atoms with E-state index in [1.165, 1.54) is 16.7 Å². The van der Waals surface area contributed by atoms with Crippen molar-refractivity contribution in [2.75, 3.05) is 20.6 Å². The van der Waals surface area contributed by atoms with Crippen LogP contribution in [0.4, 0.5) is 0 Å². The quantitative estimate of drug-likeness (QED) is 0.864. The molecule has 1 saturated heterocycles. The van der Waals surface area contributed by atoms with Gasteiger partial charge >= 0.3 is 0 Å². The second-order valence-electron chi connectivity index (χ2n) is 6.42. The molecule has 23 heavy (non-hydrogen) atoms. The van der Waals surface area contributed by atoms with Crippen molar-refractivity contribution in [1.82, 2.24) is 9.80 Å². The minimum absolute atomic E-state index is 0.0406. The van der Waals surface area contributed by atoms with Crippen molar-refractivity contribution in [3.8, 4) is 11.1 Å². The average Bonchev–Trinajstić information content (AvgIpc) is 3.03. The second kappa shape index (κ2) is 6.97. The predicted octanol–water partition coefficient (Wildman–Crippen LogP) is 3.41. The van der Waals surface area contributed by atoms with E-state index in [2.05, 4.69) is 53.4 Å². The molecule has 0 radical (unpaired) electrons. The van der Waals surface area contributed by atoms with Crippen molar-refractivity contribution < 1.29 is 4.79 Å². The lowest BCUT2D eigenvalue weighted by molar-refractivity contribution is -0.133. The van der Waals surface area contributed by atoms with E-state index in [0.29, 0.717) is 0 Å². The topological polar surface area (TPSA) is 23.6 Å². The Bertz CT molecular complexity index is 649. The van der Waals surface area contributed by atoms with Crippen molar-refractivity contribution >= 4 is 5.91 Å². The highest BCUT2D eigenvalue weighted by Crippen LogP contribution is 2.23. The van der Waals surface area contributed by atoms with Crippen molar-refractivity contribution in [2.45, 2.75) is 25.4 Å². The number of carbonyl (C=O) groups excluding carboxylic acids is 1. The molecule has 0 spiro atoms. The minimum Gasteiger partial charge on any atom is -0.347 e. The summed E-state index contributed by atoms with van der Waals surface area (Å²) in [5, 5.41) is 0. The number of carbonyl (C=O) groups is 1. The molecule has 1 heterocycles. The SMILES string of the molecule is CN(C)C(=O)C1CCCN1Cc1ccc(-c2ccccc2)cc1. The fourth-order valence-corrected chi connectivity index (χ4v) is 3.26. The van der Waals surface area contributed by atoms with Crippen LogP contribution < -0.4 is 0 Å². The Morgan fingerprint density at radius 1 is 1.04 bits per heavy atom. The molecule has 3 rings (SSSR count). The first-order chi connectivity index (χ1) is 11.1. The Morgan fingerprint density at radius 2 is 1.70 bits per heavy atom. The molecule has 1 unspecified atom stereocenters. The molecule has 120 valence electrons. The summed E-state index contributed by atoms with van der Waals surface area (Å²) in [6.45, 7) is 1.85. The fourth-order valence-electron chi connectivity index (χ4n) is 3.26. The van der Waals surface area contributed by atoms with Crippen molar-refractivity contribution in [3.05, 3.63) is 60.2 Å². The highest BCUT2D eigenvalue weighted by molar-refractivity contribution is 5.81. The summed E-state index contributed by atoms with van der Waals surface area (Å²) in [7, 11) is 3.68. The van der Waals surface area contributed by atoms with Crippen LogP contribution in [-0.4, -0.2) is 42.4 Å². The summed E-state index contributed by atoms with van der Waals surface area (Å²) in [5.41, 5.74) is 3.74.